The highest BCUT2D eigenvalue weighted by Crippen LogP contribution is 2.40. The molecule has 2 aliphatic rings. The molecule has 0 aliphatic carbocycles. The van der Waals surface area contributed by atoms with Gasteiger partial charge < -0.3 is 9.88 Å². The van der Waals surface area contributed by atoms with E-state index in [9.17, 15) is 4.79 Å². The van der Waals surface area contributed by atoms with E-state index in [1.165, 1.54) is 12.8 Å². The van der Waals surface area contributed by atoms with Gasteiger partial charge in [0.2, 0.25) is 0 Å². The topological polar surface area (TPSA) is 49.0 Å². The number of nitrogens with one attached hydrogen (secondary N) is 1. The average Bonchev–Trinajstić information content (AvgIpc) is 2.57. The summed E-state index contributed by atoms with van der Waals surface area (Å²) >= 11 is 3.27. The smallest absolute Gasteiger partial charge is 0.265 e. The highest BCUT2D eigenvalue weighted by molar-refractivity contribution is 9.10. The molecule has 2 fully saturated rings. The van der Waals surface area contributed by atoms with Gasteiger partial charge in [0, 0.05) is 18.0 Å². The largest absolute Gasteiger partial charge is 0.309 e. The van der Waals surface area contributed by atoms with Gasteiger partial charge in [-0.1, -0.05) is 0 Å². The van der Waals surface area contributed by atoms with Gasteiger partial charge in [-0.25, -0.2) is 4.98 Å². The summed E-state index contributed by atoms with van der Waals surface area (Å²) in [4.78, 5) is 21.8. The number of hydrogen-bond acceptors (Lipinski definition) is 3. The van der Waals surface area contributed by atoms with Gasteiger partial charge in [-0.15, -0.1) is 0 Å². The fourth-order valence-electron chi connectivity index (χ4n) is 3.42. The maximum Gasteiger partial charge on any atom is 0.265 e. The predicted octanol–water partition coefficient (Wildman–Crippen LogP) is 2.18. The Morgan fingerprint density at radius 2 is 1.94 bits per heavy atom. The van der Waals surface area contributed by atoms with Crippen LogP contribution in [0.4, 0.5) is 0 Å². The molecule has 0 spiro atoms. The van der Waals surface area contributed by atoms with Crippen molar-refractivity contribution in [2.24, 2.45) is 0 Å². The Balaban J connectivity index is 1.91. The number of piperidine rings is 1. The van der Waals surface area contributed by atoms with Gasteiger partial charge in [-0.3, -0.25) is 4.79 Å². The Kier molecular flexibility index (Phi) is 3.06. The molecule has 1 aromatic rings. The summed E-state index contributed by atoms with van der Waals surface area (Å²) in [7, 11) is 2.22. The predicted molar refractivity (Wildman–Crippen MR) is 73.8 cm³/mol. The minimum absolute atomic E-state index is 0.0521. The minimum Gasteiger partial charge on any atom is -0.309 e. The second-order valence-corrected chi connectivity index (χ2v) is 6.36. The van der Waals surface area contributed by atoms with Gasteiger partial charge in [-0.05, 0) is 55.6 Å². The summed E-state index contributed by atoms with van der Waals surface area (Å²) in [5.74, 6) is 1.30. The molecule has 0 saturated carbocycles. The van der Waals surface area contributed by atoms with Gasteiger partial charge in [0.05, 0.1) is 5.69 Å². The first-order chi connectivity index (χ1) is 8.56. The molecule has 98 valence electrons. The average molecular weight is 312 g/mol. The number of nitrogens with zero attached hydrogens (tertiary/aromatic N) is 2. The summed E-state index contributed by atoms with van der Waals surface area (Å²) in [6.07, 6.45) is 4.82. The highest BCUT2D eigenvalue weighted by atomic mass is 79.9. The third-order valence-electron chi connectivity index (χ3n) is 4.53. The Morgan fingerprint density at radius 3 is 2.50 bits per heavy atom. The van der Waals surface area contributed by atoms with E-state index in [1.54, 1.807) is 0 Å². The van der Waals surface area contributed by atoms with E-state index in [2.05, 4.69) is 37.8 Å². The second-order valence-electron chi connectivity index (χ2n) is 5.57. The lowest BCUT2D eigenvalue weighted by molar-refractivity contribution is 0.158. The molecule has 2 aliphatic heterocycles. The summed E-state index contributed by atoms with van der Waals surface area (Å²) in [5.41, 5.74) is 0.740. The Hall–Kier alpha value is -0.680. The fourth-order valence-corrected chi connectivity index (χ4v) is 3.61. The van der Waals surface area contributed by atoms with Crippen LogP contribution < -0.4 is 5.56 Å². The standard InChI is InChI=1S/C13H18BrN3O/c1-7-11(14)13(18)16-12(15-7)8-5-9-3-4-10(6-8)17(9)2/h8-10H,3-6H2,1-2H3,(H,15,16,18). The minimum atomic E-state index is -0.0521. The molecule has 1 aromatic heterocycles. The zero-order chi connectivity index (χ0) is 12.9. The van der Waals surface area contributed by atoms with Crippen LogP contribution in [0.25, 0.3) is 0 Å². The molecule has 2 unspecified atom stereocenters. The van der Waals surface area contributed by atoms with Crippen LogP contribution in [0.1, 0.15) is 43.1 Å². The van der Waals surface area contributed by atoms with Crippen molar-refractivity contribution in [3.63, 3.8) is 0 Å². The number of aromatic nitrogens is 2. The molecule has 0 amide bonds. The summed E-state index contributed by atoms with van der Waals surface area (Å²) < 4.78 is 0.558. The van der Waals surface area contributed by atoms with Crippen LogP contribution in [0.15, 0.2) is 9.27 Å². The van der Waals surface area contributed by atoms with Crippen molar-refractivity contribution in [1.29, 1.82) is 0 Å². The second kappa shape index (κ2) is 4.46. The summed E-state index contributed by atoms with van der Waals surface area (Å²) in [5, 5.41) is 0. The SMILES string of the molecule is Cc1nc(C2CC3CCC(C2)N3C)[nH]c(=O)c1Br. The maximum atomic E-state index is 11.8. The van der Waals surface area contributed by atoms with Gasteiger partial charge in [0.15, 0.2) is 0 Å². The number of aromatic amines is 1. The van der Waals surface area contributed by atoms with Gasteiger partial charge in [0.1, 0.15) is 10.3 Å². The van der Waals surface area contributed by atoms with E-state index in [0.717, 1.165) is 24.4 Å². The van der Waals surface area contributed by atoms with Gasteiger partial charge in [-0.2, -0.15) is 0 Å². The maximum absolute atomic E-state index is 11.8. The number of fused-ring (bicyclic) bond motifs is 2. The van der Waals surface area contributed by atoms with Gasteiger partial charge >= 0.3 is 0 Å². The lowest BCUT2D eigenvalue weighted by atomic mass is 9.90. The number of H-pyrrole nitrogens is 1. The van der Waals surface area contributed by atoms with Crippen LogP contribution in [0.3, 0.4) is 0 Å². The molecular formula is C13H18BrN3O. The zero-order valence-corrected chi connectivity index (χ0v) is 12.3. The number of hydrogen-bond donors (Lipinski definition) is 1. The van der Waals surface area contributed by atoms with Crippen molar-refractivity contribution >= 4 is 15.9 Å². The highest BCUT2D eigenvalue weighted by Gasteiger charge is 2.39. The molecule has 0 aromatic carbocycles. The first-order valence-electron chi connectivity index (χ1n) is 6.54. The van der Waals surface area contributed by atoms with E-state index in [0.29, 0.717) is 22.5 Å². The van der Waals surface area contributed by atoms with Crippen molar-refractivity contribution in [3.05, 3.63) is 26.3 Å². The van der Waals surface area contributed by atoms with E-state index >= 15 is 0 Å². The van der Waals surface area contributed by atoms with Gasteiger partial charge in [0.25, 0.3) is 5.56 Å². The number of halogens is 1. The lowest BCUT2D eigenvalue weighted by Crippen LogP contribution is -2.39. The first kappa shape index (κ1) is 12.4. The molecule has 0 radical (unpaired) electrons. The lowest BCUT2D eigenvalue weighted by Gasteiger charge is -2.35. The molecule has 5 heteroatoms. The molecule has 3 rings (SSSR count). The van der Waals surface area contributed by atoms with Crippen molar-refractivity contribution in [2.45, 2.75) is 50.6 Å². The van der Waals surface area contributed by atoms with Crippen molar-refractivity contribution in [2.75, 3.05) is 7.05 Å². The first-order valence-corrected chi connectivity index (χ1v) is 7.34. The Morgan fingerprint density at radius 1 is 1.33 bits per heavy atom. The van der Waals surface area contributed by atoms with E-state index in [4.69, 9.17) is 0 Å². The molecule has 4 nitrogen and oxygen atoms in total. The van der Waals surface area contributed by atoms with E-state index in [1.807, 2.05) is 6.92 Å². The molecule has 2 saturated heterocycles. The van der Waals surface area contributed by atoms with Crippen molar-refractivity contribution in [3.8, 4) is 0 Å². The molecule has 3 heterocycles. The van der Waals surface area contributed by atoms with Crippen LogP contribution in [-0.4, -0.2) is 34.0 Å². The van der Waals surface area contributed by atoms with Crippen LogP contribution >= 0.6 is 15.9 Å². The van der Waals surface area contributed by atoms with Crippen LogP contribution in [0.5, 0.6) is 0 Å². The fraction of sp³-hybridized carbons (Fsp3) is 0.692. The summed E-state index contributed by atoms with van der Waals surface area (Å²) in [6.45, 7) is 1.88. The molecule has 2 bridgehead atoms. The van der Waals surface area contributed by atoms with Crippen LogP contribution in [-0.2, 0) is 0 Å². The van der Waals surface area contributed by atoms with Crippen molar-refractivity contribution < 1.29 is 0 Å². The number of aryl methyl sites for hydroxylation is 1. The normalized spacial score (nSPS) is 31.8. The monoisotopic (exact) mass is 311 g/mol. The molecule has 2 atom stereocenters. The van der Waals surface area contributed by atoms with Crippen molar-refractivity contribution in [1.82, 2.24) is 14.9 Å². The molecular weight excluding hydrogens is 294 g/mol. The zero-order valence-electron chi connectivity index (χ0n) is 10.7. The molecule has 18 heavy (non-hydrogen) atoms. The third-order valence-corrected chi connectivity index (χ3v) is 5.47. The van der Waals surface area contributed by atoms with E-state index in [-0.39, 0.29) is 5.56 Å². The Bertz CT molecular complexity index is 513. The van der Waals surface area contributed by atoms with Crippen LogP contribution in [0.2, 0.25) is 0 Å². The molecule has 1 N–H and O–H groups in total. The third kappa shape index (κ3) is 1.93. The quantitative estimate of drug-likeness (QED) is 0.865. The Labute approximate surface area is 115 Å². The van der Waals surface area contributed by atoms with E-state index < -0.39 is 0 Å². The van der Waals surface area contributed by atoms with Crippen LogP contribution in [0, 0.1) is 6.92 Å². The number of rotatable bonds is 1. The summed E-state index contributed by atoms with van der Waals surface area (Å²) in [6, 6.07) is 1.34.